The molecule has 0 aromatic carbocycles. The van der Waals surface area contributed by atoms with Crippen molar-refractivity contribution in [1.29, 1.82) is 0 Å². The van der Waals surface area contributed by atoms with Crippen molar-refractivity contribution in [3.05, 3.63) is 5.89 Å². The van der Waals surface area contributed by atoms with E-state index in [9.17, 15) is 0 Å². The Hall–Kier alpha value is -1.10. The van der Waals surface area contributed by atoms with E-state index in [-0.39, 0.29) is 5.54 Å². The molecule has 5 heteroatoms. The van der Waals surface area contributed by atoms with Gasteiger partial charge >= 0.3 is 6.01 Å². The van der Waals surface area contributed by atoms with Gasteiger partial charge in [-0.05, 0) is 62.8 Å². The van der Waals surface area contributed by atoms with Crippen molar-refractivity contribution in [2.45, 2.75) is 57.5 Å². The highest BCUT2D eigenvalue weighted by Gasteiger charge is 2.51. The molecule has 4 fully saturated rings. The third-order valence-electron chi connectivity index (χ3n) is 5.40. The average molecular weight is 276 g/mol. The van der Waals surface area contributed by atoms with Crippen LogP contribution in [0.15, 0.2) is 4.42 Å². The topological polar surface area (TPSA) is 63.0 Å². The Morgan fingerprint density at radius 1 is 1.10 bits per heavy atom. The van der Waals surface area contributed by atoms with Crippen LogP contribution in [-0.4, -0.2) is 22.3 Å². The van der Waals surface area contributed by atoms with Crippen LogP contribution in [0.2, 0.25) is 0 Å². The maximum Gasteiger partial charge on any atom is 0.315 e. The average Bonchev–Trinajstić information content (AvgIpc) is 2.81. The fourth-order valence-corrected chi connectivity index (χ4v) is 5.10. The zero-order valence-corrected chi connectivity index (χ0v) is 12.2. The first-order chi connectivity index (χ1) is 9.75. The van der Waals surface area contributed by atoms with Gasteiger partial charge in [0.25, 0.3) is 0 Å². The Bertz CT molecular complexity index is 449. The van der Waals surface area contributed by atoms with Crippen LogP contribution < -0.4 is 10.6 Å². The molecule has 0 unspecified atom stereocenters. The Morgan fingerprint density at radius 3 is 2.35 bits per heavy atom. The van der Waals surface area contributed by atoms with Crippen molar-refractivity contribution in [2.75, 3.05) is 11.9 Å². The van der Waals surface area contributed by atoms with Gasteiger partial charge in [0.1, 0.15) is 0 Å². The van der Waals surface area contributed by atoms with Crippen LogP contribution in [0, 0.1) is 17.8 Å². The summed E-state index contributed by atoms with van der Waals surface area (Å²) in [6, 6.07) is 0.625. The normalized spacial score (nSPS) is 38.4. The van der Waals surface area contributed by atoms with E-state index >= 15 is 0 Å². The van der Waals surface area contributed by atoms with Gasteiger partial charge < -0.3 is 15.1 Å². The summed E-state index contributed by atoms with van der Waals surface area (Å²) in [5.74, 6) is 3.47. The molecule has 1 aromatic heterocycles. The minimum absolute atomic E-state index is 0.247. The summed E-state index contributed by atoms with van der Waals surface area (Å²) in [6.45, 7) is 3.65. The first-order valence-electron chi connectivity index (χ1n) is 8.06. The molecule has 110 valence electrons. The van der Waals surface area contributed by atoms with E-state index in [1.807, 2.05) is 0 Å². The molecule has 4 aliphatic rings. The summed E-state index contributed by atoms with van der Waals surface area (Å²) in [4.78, 5) is 0. The van der Waals surface area contributed by atoms with Gasteiger partial charge in [-0.1, -0.05) is 12.0 Å². The monoisotopic (exact) mass is 276 g/mol. The number of rotatable bonds is 5. The first kappa shape index (κ1) is 12.6. The molecule has 20 heavy (non-hydrogen) atoms. The number of nitrogens with one attached hydrogen (secondary N) is 2. The van der Waals surface area contributed by atoms with Gasteiger partial charge in [-0.3, -0.25) is 0 Å². The SMILES string of the molecule is CCNCc1nnc(NC23CC4CC(CC(C4)C2)C3)o1. The summed E-state index contributed by atoms with van der Waals surface area (Å²) in [5, 5.41) is 15.1. The second-order valence-electron chi connectivity index (χ2n) is 7.10. The van der Waals surface area contributed by atoms with Crippen molar-refractivity contribution < 1.29 is 4.42 Å². The van der Waals surface area contributed by atoms with Gasteiger partial charge in [0.15, 0.2) is 0 Å². The predicted octanol–water partition coefficient (Wildman–Crippen LogP) is 2.56. The highest BCUT2D eigenvalue weighted by Crippen LogP contribution is 2.56. The van der Waals surface area contributed by atoms with Gasteiger partial charge in [-0.15, -0.1) is 5.10 Å². The molecule has 4 saturated carbocycles. The molecule has 5 rings (SSSR count). The van der Waals surface area contributed by atoms with Gasteiger partial charge in [-0.25, -0.2) is 0 Å². The van der Waals surface area contributed by atoms with Crippen molar-refractivity contribution >= 4 is 6.01 Å². The van der Waals surface area contributed by atoms with Crippen LogP contribution >= 0.6 is 0 Å². The number of aromatic nitrogens is 2. The lowest BCUT2D eigenvalue weighted by molar-refractivity contribution is 0.00958. The lowest BCUT2D eigenvalue weighted by Gasteiger charge is -2.56. The summed E-state index contributed by atoms with van der Waals surface area (Å²) in [5.41, 5.74) is 0.247. The quantitative estimate of drug-likeness (QED) is 0.865. The number of anilines is 1. The molecule has 0 amide bonds. The van der Waals surface area contributed by atoms with E-state index in [1.54, 1.807) is 0 Å². The van der Waals surface area contributed by atoms with Crippen LogP contribution in [0.25, 0.3) is 0 Å². The van der Waals surface area contributed by atoms with Crippen LogP contribution in [0.3, 0.4) is 0 Å². The van der Waals surface area contributed by atoms with Gasteiger partial charge in [-0.2, -0.15) is 0 Å². The van der Waals surface area contributed by atoms with Crippen molar-refractivity contribution in [3.63, 3.8) is 0 Å². The minimum atomic E-state index is 0.247. The Kier molecular flexibility index (Phi) is 2.98. The molecule has 0 aliphatic heterocycles. The highest BCUT2D eigenvalue weighted by molar-refractivity contribution is 5.27. The molecule has 1 aromatic rings. The summed E-state index contributed by atoms with van der Waals surface area (Å²) < 4.78 is 5.73. The largest absolute Gasteiger partial charge is 0.407 e. The second kappa shape index (κ2) is 4.72. The molecule has 0 radical (unpaired) electrons. The number of nitrogens with zero attached hydrogens (tertiary/aromatic N) is 2. The fourth-order valence-electron chi connectivity index (χ4n) is 5.10. The van der Waals surface area contributed by atoms with E-state index < -0.39 is 0 Å². The standard InChI is InChI=1S/C15H24N4O/c1-2-16-9-13-18-19-14(20-13)17-15-6-10-3-11(7-15)5-12(4-10)8-15/h10-12,16H,2-9H2,1H3,(H,17,19). The second-order valence-corrected chi connectivity index (χ2v) is 7.10. The summed E-state index contributed by atoms with van der Waals surface area (Å²) >= 11 is 0. The minimum Gasteiger partial charge on any atom is -0.407 e. The maximum absolute atomic E-state index is 5.73. The zero-order chi connectivity index (χ0) is 13.6. The number of hydrogen-bond donors (Lipinski definition) is 2. The molecular weight excluding hydrogens is 252 g/mol. The molecule has 4 bridgehead atoms. The molecule has 5 nitrogen and oxygen atoms in total. The van der Waals surface area contributed by atoms with Crippen molar-refractivity contribution in [1.82, 2.24) is 15.5 Å². The third kappa shape index (κ3) is 2.22. The first-order valence-corrected chi connectivity index (χ1v) is 8.06. The third-order valence-corrected chi connectivity index (χ3v) is 5.40. The van der Waals surface area contributed by atoms with Crippen LogP contribution in [-0.2, 0) is 6.54 Å². The van der Waals surface area contributed by atoms with Crippen LogP contribution in [0.5, 0.6) is 0 Å². The predicted molar refractivity (Wildman–Crippen MR) is 76.2 cm³/mol. The van der Waals surface area contributed by atoms with Crippen LogP contribution in [0.1, 0.15) is 51.3 Å². The Balaban J connectivity index is 1.47. The lowest BCUT2D eigenvalue weighted by atomic mass is 9.53. The molecule has 1 heterocycles. The fraction of sp³-hybridized carbons (Fsp3) is 0.867. The van der Waals surface area contributed by atoms with E-state index in [1.165, 1.54) is 38.5 Å². The summed E-state index contributed by atoms with van der Waals surface area (Å²) in [7, 11) is 0. The Labute approximate surface area is 119 Å². The van der Waals surface area contributed by atoms with Crippen molar-refractivity contribution in [2.24, 2.45) is 17.8 Å². The molecule has 2 N–H and O–H groups in total. The Morgan fingerprint density at radius 2 is 1.75 bits per heavy atom. The highest BCUT2D eigenvalue weighted by atomic mass is 16.4. The molecule has 4 aliphatic carbocycles. The van der Waals surface area contributed by atoms with Gasteiger partial charge in [0, 0.05) is 5.54 Å². The molecular formula is C15H24N4O. The van der Waals surface area contributed by atoms with Crippen LogP contribution in [0.4, 0.5) is 6.01 Å². The van der Waals surface area contributed by atoms with Crippen molar-refractivity contribution in [3.8, 4) is 0 Å². The molecule has 0 spiro atoms. The maximum atomic E-state index is 5.73. The summed E-state index contributed by atoms with van der Waals surface area (Å²) in [6.07, 6.45) is 8.25. The lowest BCUT2D eigenvalue weighted by Crippen LogP contribution is -2.54. The molecule has 0 atom stereocenters. The molecule has 0 saturated heterocycles. The van der Waals surface area contributed by atoms with E-state index in [2.05, 4.69) is 27.8 Å². The van der Waals surface area contributed by atoms with E-state index in [0.29, 0.717) is 18.5 Å². The van der Waals surface area contributed by atoms with E-state index in [0.717, 1.165) is 24.3 Å². The van der Waals surface area contributed by atoms with Gasteiger partial charge in [0.2, 0.25) is 5.89 Å². The number of hydrogen-bond acceptors (Lipinski definition) is 5. The van der Waals surface area contributed by atoms with E-state index in [4.69, 9.17) is 4.42 Å². The smallest absolute Gasteiger partial charge is 0.315 e. The zero-order valence-electron chi connectivity index (χ0n) is 12.2. The van der Waals surface area contributed by atoms with Gasteiger partial charge in [0.05, 0.1) is 6.54 Å².